The molecule has 0 aliphatic carbocycles. The zero-order valence-corrected chi connectivity index (χ0v) is 12.5. The van der Waals surface area contributed by atoms with Crippen molar-refractivity contribution in [3.05, 3.63) is 29.3 Å². The molecule has 0 saturated carbocycles. The molecule has 1 aromatic carbocycles. The highest BCUT2D eigenvalue weighted by molar-refractivity contribution is 5.60. The predicted molar refractivity (Wildman–Crippen MR) is 82.9 cm³/mol. The van der Waals surface area contributed by atoms with Gasteiger partial charge in [0.05, 0.1) is 11.3 Å². The Labute approximate surface area is 122 Å². The van der Waals surface area contributed by atoms with E-state index in [-0.39, 0.29) is 0 Å². The van der Waals surface area contributed by atoms with Crippen LogP contribution in [0.4, 0.5) is 5.69 Å². The van der Waals surface area contributed by atoms with Crippen molar-refractivity contribution in [1.29, 1.82) is 5.26 Å². The minimum atomic E-state index is 0.797. The normalized spacial score (nSPS) is 16.1. The van der Waals surface area contributed by atoms with Crippen molar-refractivity contribution in [3.63, 3.8) is 0 Å². The smallest absolute Gasteiger partial charge is 0.101 e. The number of hydrogen-bond acceptors (Lipinski definition) is 4. The lowest BCUT2D eigenvalue weighted by Crippen LogP contribution is -2.46. The highest BCUT2D eigenvalue weighted by Gasteiger charge is 2.18. The zero-order chi connectivity index (χ0) is 14.4. The Hall–Kier alpha value is -1.57. The molecule has 0 bridgehead atoms. The van der Waals surface area contributed by atoms with Gasteiger partial charge in [-0.15, -0.1) is 0 Å². The third-order valence-electron chi connectivity index (χ3n) is 3.92. The summed E-state index contributed by atoms with van der Waals surface area (Å²) in [7, 11) is 0. The van der Waals surface area contributed by atoms with E-state index in [0.717, 1.165) is 57.1 Å². The van der Waals surface area contributed by atoms with Crippen LogP contribution in [-0.4, -0.2) is 44.2 Å². The first kappa shape index (κ1) is 14.8. The zero-order valence-electron chi connectivity index (χ0n) is 12.5. The average molecular weight is 272 g/mol. The maximum absolute atomic E-state index is 9.39. The van der Waals surface area contributed by atoms with Crippen LogP contribution in [0.25, 0.3) is 0 Å². The molecule has 0 aromatic heterocycles. The molecule has 1 heterocycles. The van der Waals surface area contributed by atoms with Crippen LogP contribution < -0.4 is 10.2 Å². The first-order chi connectivity index (χ1) is 9.78. The molecule has 1 aromatic rings. The van der Waals surface area contributed by atoms with E-state index in [0.29, 0.717) is 0 Å². The van der Waals surface area contributed by atoms with Crippen molar-refractivity contribution in [2.45, 2.75) is 20.4 Å². The van der Waals surface area contributed by atoms with E-state index in [1.165, 1.54) is 5.56 Å². The van der Waals surface area contributed by atoms with Gasteiger partial charge in [0, 0.05) is 32.7 Å². The molecular formula is C16H24N4. The third kappa shape index (κ3) is 3.50. The number of nitriles is 1. The van der Waals surface area contributed by atoms with E-state index in [4.69, 9.17) is 0 Å². The summed E-state index contributed by atoms with van der Waals surface area (Å²) in [5.41, 5.74) is 3.06. The monoisotopic (exact) mass is 272 g/mol. The van der Waals surface area contributed by atoms with E-state index in [1.807, 2.05) is 6.07 Å². The summed E-state index contributed by atoms with van der Waals surface area (Å²) in [6, 6.07) is 8.60. The molecule has 4 heteroatoms. The fourth-order valence-electron chi connectivity index (χ4n) is 2.63. The van der Waals surface area contributed by atoms with Gasteiger partial charge < -0.3 is 15.1 Å². The molecule has 0 radical (unpaired) electrons. The minimum Gasteiger partial charge on any atom is -0.368 e. The molecule has 1 aliphatic heterocycles. The van der Waals surface area contributed by atoms with Crippen molar-refractivity contribution in [3.8, 4) is 6.07 Å². The largest absolute Gasteiger partial charge is 0.368 e. The fraction of sp³-hybridized carbons (Fsp3) is 0.562. The molecule has 0 unspecified atom stereocenters. The lowest BCUT2D eigenvalue weighted by molar-refractivity contribution is 0.271. The van der Waals surface area contributed by atoms with Gasteiger partial charge in [-0.05, 0) is 30.8 Å². The van der Waals surface area contributed by atoms with Crippen molar-refractivity contribution >= 4 is 5.69 Å². The lowest BCUT2D eigenvalue weighted by atomic mass is 10.1. The van der Waals surface area contributed by atoms with Gasteiger partial charge in [-0.3, -0.25) is 0 Å². The highest BCUT2D eigenvalue weighted by Crippen LogP contribution is 2.22. The van der Waals surface area contributed by atoms with Crippen molar-refractivity contribution in [1.82, 2.24) is 10.2 Å². The fourth-order valence-corrected chi connectivity index (χ4v) is 2.63. The van der Waals surface area contributed by atoms with Crippen LogP contribution in [0.3, 0.4) is 0 Å². The quantitative estimate of drug-likeness (QED) is 0.887. The highest BCUT2D eigenvalue weighted by atomic mass is 15.3. The molecule has 20 heavy (non-hydrogen) atoms. The first-order valence-electron chi connectivity index (χ1n) is 7.49. The molecule has 1 aliphatic rings. The van der Waals surface area contributed by atoms with Gasteiger partial charge in [0.25, 0.3) is 0 Å². The van der Waals surface area contributed by atoms with Crippen LogP contribution in [0.5, 0.6) is 0 Å². The van der Waals surface area contributed by atoms with Crippen LogP contribution in [0.1, 0.15) is 25.0 Å². The third-order valence-corrected chi connectivity index (χ3v) is 3.92. The molecule has 0 spiro atoms. The van der Waals surface area contributed by atoms with E-state index in [2.05, 4.69) is 47.2 Å². The van der Waals surface area contributed by atoms with Crippen LogP contribution in [0.2, 0.25) is 0 Å². The van der Waals surface area contributed by atoms with Gasteiger partial charge in [-0.25, -0.2) is 0 Å². The molecule has 0 amide bonds. The van der Waals surface area contributed by atoms with Gasteiger partial charge in [0.2, 0.25) is 0 Å². The Balaban J connectivity index is 2.10. The second kappa shape index (κ2) is 7.28. The molecule has 0 atom stereocenters. The number of nitrogens with one attached hydrogen (secondary N) is 1. The van der Waals surface area contributed by atoms with Gasteiger partial charge in [0.1, 0.15) is 6.07 Å². The van der Waals surface area contributed by atoms with E-state index >= 15 is 0 Å². The van der Waals surface area contributed by atoms with Crippen LogP contribution in [0, 0.1) is 11.3 Å². The first-order valence-corrected chi connectivity index (χ1v) is 7.49. The summed E-state index contributed by atoms with van der Waals surface area (Å²) in [6.45, 7) is 11.4. The molecule has 1 saturated heterocycles. The maximum atomic E-state index is 9.39. The van der Waals surface area contributed by atoms with Crippen molar-refractivity contribution in [2.75, 3.05) is 44.2 Å². The van der Waals surface area contributed by atoms with Crippen LogP contribution in [0.15, 0.2) is 18.2 Å². The Bertz CT molecular complexity index is 470. The summed E-state index contributed by atoms with van der Waals surface area (Å²) < 4.78 is 0. The number of rotatable bonds is 5. The van der Waals surface area contributed by atoms with Crippen molar-refractivity contribution < 1.29 is 0 Å². The number of piperazine rings is 1. The minimum absolute atomic E-state index is 0.797. The Morgan fingerprint density at radius 3 is 2.55 bits per heavy atom. The summed E-state index contributed by atoms with van der Waals surface area (Å²) in [4.78, 5) is 4.78. The molecule has 4 nitrogen and oxygen atoms in total. The topological polar surface area (TPSA) is 42.3 Å². The number of anilines is 1. The van der Waals surface area contributed by atoms with E-state index in [1.54, 1.807) is 0 Å². The predicted octanol–water partition coefficient (Wildman–Crippen LogP) is 1.81. The Kier molecular flexibility index (Phi) is 5.40. The molecule has 108 valence electrons. The SMILES string of the molecule is CCNCc1ccc(N2CCN(CC)CC2)c(C#N)c1. The van der Waals surface area contributed by atoms with Crippen LogP contribution in [-0.2, 0) is 6.54 Å². The Morgan fingerprint density at radius 1 is 1.20 bits per heavy atom. The molecule has 2 rings (SSSR count). The Morgan fingerprint density at radius 2 is 1.95 bits per heavy atom. The van der Waals surface area contributed by atoms with Gasteiger partial charge in [-0.2, -0.15) is 5.26 Å². The second-order valence-electron chi connectivity index (χ2n) is 5.16. The summed E-state index contributed by atoms with van der Waals surface area (Å²) in [6.07, 6.45) is 0. The number of hydrogen-bond donors (Lipinski definition) is 1. The van der Waals surface area contributed by atoms with Crippen LogP contribution >= 0.6 is 0 Å². The summed E-state index contributed by atoms with van der Waals surface area (Å²) >= 11 is 0. The molecule has 1 N–H and O–H groups in total. The van der Waals surface area contributed by atoms with Gasteiger partial charge >= 0.3 is 0 Å². The summed E-state index contributed by atoms with van der Waals surface area (Å²) in [5, 5.41) is 12.7. The maximum Gasteiger partial charge on any atom is 0.101 e. The number of nitrogens with zero attached hydrogens (tertiary/aromatic N) is 3. The summed E-state index contributed by atoms with van der Waals surface area (Å²) in [5.74, 6) is 0. The molecule has 1 fully saturated rings. The molecular weight excluding hydrogens is 248 g/mol. The van der Waals surface area contributed by atoms with E-state index in [9.17, 15) is 5.26 Å². The standard InChI is InChI=1S/C16H24N4/c1-3-18-13-14-5-6-16(15(11-14)12-17)20-9-7-19(4-2)8-10-20/h5-6,11,18H,3-4,7-10,13H2,1-2H3. The average Bonchev–Trinajstić information content (AvgIpc) is 2.52. The number of likely N-dealkylation sites (N-methyl/N-ethyl adjacent to an activating group) is 1. The second-order valence-corrected chi connectivity index (χ2v) is 5.16. The lowest BCUT2D eigenvalue weighted by Gasteiger charge is -2.36. The van der Waals surface area contributed by atoms with Gasteiger partial charge in [-0.1, -0.05) is 19.9 Å². The van der Waals surface area contributed by atoms with Gasteiger partial charge in [0.15, 0.2) is 0 Å². The van der Waals surface area contributed by atoms with Crippen molar-refractivity contribution in [2.24, 2.45) is 0 Å². The number of benzene rings is 1. The van der Waals surface area contributed by atoms with E-state index < -0.39 is 0 Å².